The molecule has 6 nitrogen and oxygen atoms in total. The first-order valence-corrected chi connectivity index (χ1v) is 8.92. The van der Waals surface area contributed by atoms with E-state index in [-0.39, 0.29) is 35.8 Å². The second-order valence-electron chi connectivity index (χ2n) is 6.20. The molecule has 7 heteroatoms. The Bertz CT molecular complexity index is 736. The second kappa shape index (κ2) is 12.3. The molecule has 0 saturated heterocycles. The van der Waals surface area contributed by atoms with Gasteiger partial charge in [0, 0.05) is 36.5 Å². The topological polar surface area (TPSA) is 92.4 Å². The molecule has 27 heavy (non-hydrogen) atoms. The summed E-state index contributed by atoms with van der Waals surface area (Å²) in [6, 6.07) is 13.5. The Morgan fingerprint density at radius 2 is 2.07 bits per heavy atom. The molecular formula is C20H28IN5O. The van der Waals surface area contributed by atoms with Crippen LogP contribution >= 0.6 is 24.0 Å². The number of rotatable bonds is 8. The summed E-state index contributed by atoms with van der Waals surface area (Å²) in [6.07, 6.45) is 3.38. The molecule has 0 spiro atoms. The van der Waals surface area contributed by atoms with Crippen molar-refractivity contribution in [3.05, 3.63) is 59.9 Å². The molecular weight excluding hydrogens is 453 g/mol. The van der Waals surface area contributed by atoms with Crippen molar-refractivity contribution in [2.75, 3.05) is 11.9 Å². The van der Waals surface area contributed by atoms with Crippen LogP contribution in [0.15, 0.2) is 53.7 Å². The van der Waals surface area contributed by atoms with E-state index in [9.17, 15) is 4.79 Å². The molecule has 146 valence electrons. The highest BCUT2D eigenvalue weighted by molar-refractivity contribution is 14.0. The van der Waals surface area contributed by atoms with E-state index in [2.05, 4.69) is 20.6 Å². The fraction of sp³-hybridized carbons (Fsp3) is 0.350. The average Bonchev–Trinajstić information content (AvgIpc) is 2.67. The Morgan fingerprint density at radius 1 is 1.26 bits per heavy atom. The van der Waals surface area contributed by atoms with E-state index in [4.69, 9.17) is 5.73 Å². The molecule has 0 saturated carbocycles. The number of amides is 1. The minimum atomic E-state index is -0.00405. The van der Waals surface area contributed by atoms with Gasteiger partial charge in [-0.3, -0.25) is 9.78 Å². The van der Waals surface area contributed by atoms with Gasteiger partial charge in [-0.25, -0.2) is 4.99 Å². The fourth-order valence-corrected chi connectivity index (χ4v) is 2.30. The van der Waals surface area contributed by atoms with Gasteiger partial charge < -0.3 is 16.4 Å². The summed E-state index contributed by atoms with van der Waals surface area (Å²) in [4.78, 5) is 20.6. The Balaban J connectivity index is 0.00000364. The quantitative estimate of drug-likeness (QED) is 0.307. The summed E-state index contributed by atoms with van der Waals surface area (Å²) < 4.78 is 0. The van der Waals surface area contributed by atoms with Gasteiger partial charge in [-0.15, -0.1) is 24.0 Å². The molecule has 1 atom stereocenters. The van der Waals surface area contributed by atoms with Gasteiger partial charge in [0.25, 0.3) is 0 Å². The van der Waals surface area contributed by atoms with Crippen LogP contribution in [0.3, 0.4) is 0 Å². The number of carbonyl (C=O) groups is 1. The molecule has 0 aliphatic rings. The monoisotopic (exact) mass is 481 g/mol. The van der Waals surface area contributed by atoms with E-state index >= 15 is 0 Å². The zero-order valence-corrected chi connectivity index (χ0v) is 18.1. The summed E-state index contributed by atoms with van der Waals surface area (Å²) >= 11 is 0. The fourth-order valence-electron chi connectivity index (χ4n) is 2.30. The molecule has 0 aliphatic carbocycles. The highest BCUT2D eigenvalue weighted by atomic mass is 127. The number of benzene rings is 1. The molecule has 1 unspecified atom stereocenters. The summed E-state index contributed by atoms with van der Waals surface area (Å²) in [7, 11) is 0. The maximum absolute atomic E-state index is 12.0. The third-order valence-electron chi connectivity index (χ3n) is 4.10. The zero-order chi connectivity index (χ0) is 18.8. The first-order valence-electron chi connectivity index (χ1n) is 8.92. The van der Waals surface area contributed by atoms with E-state index in [1.165, 1.54) is 0 Å². The van der Waals surface area contributed by atoms with Gasteiger partial charge in [-0.1, -0.05) is 32.0 Å². The zero-order valence-electron chi connectivity index (χ0n) is 15.8. The molecule has 0 aliphatic heterocycles. The third-order valence-corrected chi connectivity index (χ3v) is 4.10. The third kappa shape index (κ3) is 8.38. The van der Waals surface area contributed by atoms with Gasteiger partial charge in [0.1, 0.15) is 0 Å². The number of guanidine groups is 1. The Kier molecular flexibility index (Phi) is 10.4. The van der Waals surface area contributed by atoms with Crippen molar-refractivity contribution >= 4 is 41.5 Å². The van der Waals surface area contributed by atoms with Crippen LogP contribution in [-0.4, -0.2) is 23.4 Å². The van der Waals surface area contributed by atoms with Crippen LogP contribution in [0.5, 0.6) is 0 Å². The van der Waals surface area contributed by atoms with E-state index < -0.39 is 0 Å². The molecule has 0 radical (unpaired) electrons. The number of nitrogens with two attached hydrogens (primary N) is 1. The normalized spacial score (nSPS) is 12.0. The number of pyridine rings is 1. The van der Waals surface area contributed by atoms with Crippen molar-refractivity contribution in [3.63, 3.8) is 0 Å². The van der Waals surface area contributed by atoms with Crippen molar-refractivity contribution in [3.8, 4) is 0 Å². The lowest BCUT2D eigenvalue weighted by Crippen LogP contribution is -2.33. The lowest BCUT2D eigenvalue weighted by molar-refractivity contribution is -0.119. The van der Waals surface area contributed by atoms with Crippen molar-refractivity contribution < 1.29 is 4.79 Å². The van der Waals surface area contributed by atoms with Crippen LogP contribution in [0.2, 0.25) is 0 Å². The Hall–Kier alpha value is -2.16. The van der Waals surface area contributed by atoms with Crippen molar-refractivity contribution in [1.82, 2.24) is 10.3 Å². The molecule has 4 N–H and O–H groups in total. The van der Waals surface area contributed by atoms with E-state index in [1.807, 2.05) is 56.3 Å². The van der Waals surface area contributed by atoms with E-state index in [1.54, 1.807) is 6.20 Å². The summed E-state index contributed by atoms with van der Waals surface area (Å²) in [5, 5.41) is 6.02. The number of hydrogen-bond acceptors (Lipinski definition) is 3. The standard InChI is InChI=1S/C20H27N5O.HI/c1-3-15(2)19(26)25-18-9-6-7-16(13-18)14-24-20(21)23-12-10-17-8-4-5-11-22-17;/h4-9,11,13,15H,3,10,12,14H2,1-2H3,(H,25,26)(H3,21,23,24);1H. The lowest BCUT2D eigenvalue weighted by Gasteiger charge is -2.11. The molecule has 1 heterocycles. The van der Waals surface area contributed by atoms with Gasteiger partial charge in [0.05, 0.1) is 6.54 Å². The van der Waals surface area contributed by atoms with Gasteiger partial charge in [-0.2, -0.15) is 0 Å². The molecule has 0 bridgehead atoms. The van der Waals surface area contributed by atoms with Crippen molar-refractivity contribution in [1.29, 1.82) is 0 Å². The van der Waals surface area contributed by atoms with Crippen LogP contribution < -0.4 is 16.4 Å². The minimum absolute atomic E-state index is 0. The number of aliphatic imine (C=N–C) groups is 1. The first-order chi connectivity index (χ1) is 12.6. The lowest BCUT2D eigenvalue weighted by atomic mass is 10.1. The summed E-state index contributed by atoms with van der Waals surface area (Å²) in [5.41, 5.74) is 8.69. The number of carbonyl (C=O) groups excluding carboxylic acids is 1. The summed E-state index contributed by atoms with van der Waals surface area (Å²) in [5.74, 6) is 0.425. The number of anilines is 1. The highest BCUT2D eigenvalue weighted by Gasteiger charge is 2.10. The van der Waals surface area contributed by atoms with Crippen LogP contribution in [0.25, 0.3) is 0 Å². The molecule has 1 aromatic carbocycles. The Morgan fingerprint density at radius 3 is 2.78 bits per heavy atom. The predicted molar refractivity (Wildman–Crippen MR) is 121 cm³/mol. The second-order valence-corrected chi connectivity index (χ2v) is 6.20. The van der Waals surface area contributed by atoms with Crippen molar-refractivity contribution in [2.45, 2.75) is 33.2 Å². The van der Waals surface area contributed by atoms with Gasteiger partial charge in [0.2, 0.25) is 5.91 Å². The molecule has 0 fully saturated rings. The highest BCUT2D eigenvalue weighted by Crippen LogP contribution is 2.13. The molecule has 2 aromatic rings. The number of hydrogen-bond donors (Lipinski definition) is 3. The van der Waals surface area contributed by atoms with E-state index in [0.717, 1.165) is 29.8 Å². The summed E-state index contributed by atoms with van der Waals surface area (Å²) in [6.45, 7) is 5.05. The molecule has 1 amide bonds. The number of nitrogens with zero attached hydrogens (tertiary/aromatic N) is 2. The molecule has 1 aromatic heterocycles. The molecule has 2 rings (SSSR count). The van der Waals surface area contributed by atoms with Crippen LogP contribution in [0.4, 0.5) is 5.69 Å². The van der Waals surface area contributed by atoms with Gasteiger partial charge in [0.15, 0.2) is 5.96 Å². The van der Waals surface area contributed by atoms with Gasteiger partial charge >= 0.3 is 0 Å². The largest absolute Gasteiger partial charge is 0.370 e. The number of halogens is 1. The minimum Gasteiger partial charge on any atom is -0.370 e. The van der Waals surface area contributed by atoms with Crippen LogP contribution in [0, 0.1) is 5.92 Å². The maximum atomic E-state index is 12.0. The first kappa shape index (κ1) is 22.9. The van der Waals surface area contributed by atoms with Gasteiger partial charge in [-0.05, 0) is 36.2 Å². The van der Waals surface area contributed by atoms with Crippen molar-refractivity contribution in [2.24, 2.45) is 16.6 Å². The predicted octanol–water partition coefficient (Wildman–Crippen LogP) is 3.33. The Labute approximate surface area is 178 Å². The van der Waals surface area contributed by atoms with Crippen LogP contribution in [-0.2, 0) is 17.8 Å². The van der Waals surface area contributed by atoms with E-state index in [0.29, 0.717) is 19.0 Å². The smallest absolute Gasteiger partial charge is 0.227 e. The SMILES string of the molecule is CCC(C)C(=O)Nc1cccc(CN=C(N)NCCc2ccccn2)c1.I. The number of nitrogens with one attached hydrogen (secondary N) is 2. The average molecular weight is 481 g/mol. The van der Waals surface area contributed by atoms with Crippen LogP contribution in [0.1, 0.15) is 31.5 Å². The maximum Gasteiger partial charge on any atom is 0.227 e. The number of aromatic nitrogens is 1.